The van der Waals surface area contributed by atoms with Gasteiger partial charge in [0.25, 0.3) is 0 Å². The molecule has 3 heterocycles. The maximum Gasteiger partial charge on any atom is 0.152 e. The van der Waals surface area contributed by atoms with Gasteiger partial charge in [-0.3, -0.25) is 19.0 Å². The monoisotopic (exact) mass is 331 g/mol. The smallest absolute Gasteiger partial charge is 0.152 e. The third kappa shape index (κ3) is 2.98. The molecule has 1 fully saturated rings. The molecule has 4 rings (SSSR count). The standard InChI is InChI=1S/C17H21N3O2S/c1-19-10-14-9-13(11-20-5-7-23(21)8-6-20)15-3-2-4-18-16(15)17(14)22-12-19/h2-4,9H,5-8,10-12H2,1H3. The average molecular weight is 331 g/mol. The van der Waals surface area contributed by atoms with Gasteiger partial charge in [-0.1, -0.05) is 6.07 Å². The van der Waals surface area contributed by atoms with Crippen LogP contribution >= 0.6 is 0 Å². The van der Waals surface area contributed by atoms with Crippen LogP contribution in [0.4, 0.5) is 0 Å². The van der Waals surface area contributed by atoms with Crippen molar-refractivity contribution in [3.05, 3.63) is 35.5 Å². The van der Waals surface area contributed by atoms with Gasteiger partial charge in [-0.2, -0.15) is 0 Å². The van der Waals surface area contributed by atoms with Gasteiger partial charge in [-0.25, -0.2) is 0 Å². The summed E-state index contributed by atoms with van der Waals surface area (Å²) in [6, 6.07) is 6.38. The fourth-order valence-corrected chi connectivity index (χ4v) is 4.47. The molecule has 0 spiro atoms. The summed E-state index contributed by atoms with van der Waals surface area (Å²) in [5.41, 5.74) is 3.47. The van der Waals surface area contributed by atoms with Crippen molar-refractivity contribution in [1.29, 1.82) is 0 Å². The topological polar surface area (TPSA) is 45.7 Å². The van der Waals surface area contributed by atoms with E-state index in [0.717, 1.165) is 49.0 Å². The summed E-state index contributed by atoms with van der Waals surface area (Å²) in [4.78, 5) is 9.12. The largest absolute Gasteiger partial charge is 0.476 e. The van der Waals surface area contributed by atoms with Crippen molar-refractivity contribution in [2.45, 2.75) is 13.1 Å². The molecule has 23 heavy (non-hydrogen) atoms. The second kappa shape index (κ2) is 6.19. The van der Waals surface area contributed by atoms with E-state index in [9.17, 15) is 4.21 Å². The van der Waals surface area contributed by atoms with Crippen LogP contribution in [0.2, 0.25) is 0 Å². The third-order valence-corrected chi connectivity index (χ3v) is 5.82. The predicted octanol–water partition coefficient (Wildman–Crippen LogP) is 1.58. The molecule has 0 bridgehead atoms. The zero-order valence-corrected chi connectivity index (χ0v) is 14.1. The Bertz CT molecular complexity index is 755. The molecule has 0 unspecified atom stereocenters. The highest BCUT2D eigenvalue weighted by Crippen LogP contribution is 2.34. The van der Waals surface area contributed by atoms with Crippen LogP contribution in [-0.4, -0.2) is 57.4 Å². The molecule has 0 saturated carbocycles. The Morgan fingerprint density at radius 2 is 2.17 bits per heavy atom. The van der Waals surface area contributed by atoms with Crippen molar-refractivity contribution < 1.29 is 8.95 Å². The molecule has 0 aliphatic carbocycles. The molecular formula is C17H21N3O2S. The summed E-state index contributed by atoms with van der Waals surface area (Å²) in [7, 11) is 1.43. The average Bonchev–Trinajstić information content (AvgIpc) is 2.57. The maximum atomic E-state index is 11.6. The Kier molecular flexibility index (Phi) is 4.05. The number of aromatic nitrogens is 1. The van der Waals surface area contributed by atoms with Gasteiger partial charge in [0.15, 0.2) is 5.75 Å². The number of nitrogens with zero attached hydrogens (tertiary/aromatic N) is 3. The van der Waals surface area contributed by atoms with Crippen LogP contribution in [0.5, 0.6) is 5.75 Å². The molecule has 1 aromatic carbocycles. The number of hydrogen-bond donors (Lipinski definition) is 0. The SMILES string of the molecule is CN1COc2c(cc(CN3CCS(=O)CC3)c3cccnc23)C1. The predicted molar refractivity (Wildman–Crippen MR) is 91.9 cm³/mol. The molecule has 0 atom stereocenters. The fraction of sp³-hybridized carbons (Fsp3) is 0.471. The minimum Gasteiger partial charge on any atom is -0.476 e. The number of benzene rings is 1. The summed E-state index contributed by atoms with van der Waals surface area (Å²) < 4.78 is 17.5. The molecule has 2 aliphatic rings. The van der Waals surface area contributed by atoms with Crippen LogP contribution in [0, 0.1) is 0 Å². The van der Waals surface area contributed by atoms with E-state index in [-0.39, 0.29) is 0 Å². The maximum absolute atomic E-state index is 11.6. The zero-order chi connectivity index (χ0) is 15.8. The van der Waals surface area contributed by atoms with Crippen molar-refractivity contribution in [2.24, 2.45) is 0 Å². The minimum atomic E-state index is -0.633. The first-order chi connectivity index (χ1) is 11.2. The highest BCUT2D eigenvalue weighted by atomic mass is 32.2. The Balaban J connectivity index is 1.72. The molecule has 122 valence electrons. The molecule has 0 amide bonds. The van der Waals surface area contributed by atoms with Crippen molar-refractivity contribution in [2.75, 3.05) is 38.4 Å². The molecule has 6 heteroatoms. The summed E-state index contributed by atoms with van der Waals surface area (Å²) in [6.45, 7) is 4.19. The van der Waals surface area contributed by atoms with Gasteiger partial charge in [0.1, 0.15) is 12.2 Å². The van der Waals surface area contributed by atoms with Crippen LogP contribution in [0.3, 0.4) is 0 Å². The summed E-state index contributed by atoms with van der Waals surface area (Å²) in [5.74, 6) is 2.50. The second-order valence-electron chi connectivity index (χ2n) is 6.34. The van der Waals surface area contributed by atoms with Crippen molar-refractivity contribution in [3.8, 4) is 5.75 Å². The van der Waals surface area contributed by atoms with Crippen LogP contribution in [0.1, 0.15) is 11.1 Å². The van der Waals surface area contributed by atoms with Crippen molar-refractivity contribution in [3.63, 3.8) is 0 Å². The van der Waals surface area contributed by atoms with E-state index in [1.54, 1.807) is 0 Å². The van der Waals surface area contributed by atoms with Gasteiger partial charge in [0.05, 0.1) is 0 Å². The van der Waals surface area contributed by atoms with Crippen LogP contribution in [-0.2, 0) is 23.9 Å². The van der Waals surface area contributed by atoms with E-state index in [1.165, 1.54) is 16.5 Å². The van der Waals surface area contributed by atoms with Gasteiger partial charge < -0.3 is 4.74 Å². The second-order valence-corrected chi connectivity index (χ2v) is 8.03. The quantitative estimate of drug-likeness (QED) is 0.836. The lowest BCUT2D eigenvalue weighted by Gasteiger charge is -2.29. The number of pyridine rings is 1. The summed E-state index contributed by atoms with van der Waals surface area (Å²) in [6.07, 6.45) is 1.83. The fourth-order valence-electron chi connectivity index (χ4n) is 3.35. The van der Waals surface area contributed by atoms with Crippen LogP contribution in [0.15, 0.2) is 24.4 Å². The van der Waals surface area contributed by atoms with Gasteiger partial charge in [-0.05, 0) is 24.7 Å². The summed E-state index contributed by atoms with van der Waals surface area (Å²) >= 11 is 0. The molecule has 2 aliphatic heterocycles. The Hall–Kier alpha value is -1.50. The first-order valence-corrected chi connectivity index (χ1v) is 9.47. The molecule has 2 aromatic rings. The first-order valence-electron chi connectivity index (χ1n) is 7.99. The van der Waals surface area contributed by atoms with Crippen molar-refractivity contribution >= 4 is 21.7 Å². The first kappa shape index (κ1) is 15.1. The van der Waals surface area contributed by atoms with Gasteiger partial charge in [0, 0.05) is 65.6 Å². The number of ether oxygens (including phenoxy) is 1. The van der Waals surface area contributed by atoms with E-state index in [1.807, 2.05) is 12.3 Å². The Morgan fingerprint density at radius 3 is 3.00 bits per heavy atom. The minimum absolute atomic E-state index is 0.607. The molecule has 0 radical (unpaired) electrons. The zero-order valence-electron chi connectivity index (χ0n) is 13.3. The summed E-state index contributed by atoms with van der Waals surface area (Å²) in [5, 5.41) is 1.17. The Labute approximate surface area is 138 Å². The van der Waals surface area contributed by atoms with Crippen LogP contribution in [0.25, 0.3) is 10.9 Å². The third-order valence-electron chi connectivity index (χ3n) is 4.54. The highest BCUT2D eigenvalue weighted by Gasteiger charge is 2.22. The van der Waals surface area contributed by atoms with Gasteiger partial charge in [0.2, 0.25) is 0 Å². The molecule has 0 N–H and O–H groups in total. The highest BCUT2D eigenvalue weighted by molar-refractivity contribution is 7.85. The Morgan fingerprint density at radius 1 is 1.35 bits per heavy atom. The lowest BCUT2D eigenvalue weighted by Crippen LogP contribution is -2.37. The van der Waals surface area contributed by atoms with Crippen molar-refractivity contribution in [1.82, 2.24) is 14.8 Å². The van der Waals surface area contributed by atoms with Gasteiger partial charge >= 0.3 is 0 Å². The normalized spacial score (nSPS) is 20.4. The van der Waals surface area contributed by atoms with Gasteiger partial charge in [-0.15, -0.1) is 0 Å². The molecule has 1 aromatic heterocycles. The van der Waals surface area contributed by atoms with E-state index in [0.29, 0.717) is 6.73 Å². The number of fused-ring (bicyclic) bond motifs is 3. The molecule has 1 saturated heterocycles. The molecule has 5 nitrogen and oxygen atoms in total. The lowest BCUT2D eigenvalue weighted by molar-refractivity contribution is 0.123. The lowest BCUT2D eigenvalue weighted by atomic mass is 10.0. The van der Waals surface area contributed by atoms with E-state index >= 15 is 0 Å². The molecular weight excluding hydrogens is 310 g/mol. The number of rotatable bonds is 2. The van der Waals surface area contributed by atoms with E-state index in [2.05, 4.69) is 34.0 Å². The van der Waals surface area contributed by atoms with E-state index < -0.39 is 10.8 Å². The van der Waals surface area contributed by atoms with E-state index in [4.69, 9.17) is 4.74 Å². The van der Waals surface area contributed by atoms with Crippen LogP contribution < -0.4 is 4.74 Å². The number of hydrogen-bond acceptors (Lipinski definition) is 5.